The molecule has 7 heteroatoms. The van der Waals surface area contributed by atoms with Crippen LogP contribution in [0.3, 0.4) is 0 Å². The molecule has 2 heterocycles. The van der Waals surface area contributed by atoms with E-state index in [-0.39, 0.29) is 17.4 Å². The number of nitrogens with two attached hydrogens (primary N) is 2. The lowest BCUT2D eigenvalue weighted by atomic mass is 9.87. The molecule has 0 saturated carbocycles. The molecule has 1 amide bonds. The number of primary amides is 1. The van der Waals surface area contributed by atoms with E-state index in [9.17, 15) is 4.79 Å². The minimum atomic E-state index is -0.467. The molecule has 0 radical (unpaired) electrons. The predicted octanol–water partition coefficient (Wildman–Crippen LogP) is 4.31. The molecule has 0 aliphatic carbocycles. The smallest absolute Gasteiger partial charge is 0.250 e. The summed E-state index contributed by atoms with van der Waals surface area (Å²) < 4.78 is 0. The molecule has 154 valence electrons. The Morgan fingerprint density at radius 1 is 1.17 bits per heavy atom. The van der Waals surface area contributed by atoms with Gasteiger partial charge in [-0.3, -0.25) is 4.79 Å². The van der Waals surface area contributed by atoms with E-state index in [2.05, 4.69) is 48.0 Å². The van der Waals surface area contributed by atoms with Crippen LogP contribution in [0.25, 0.3) is 33.1 Å². The van der Waals surface area contributed by atoms with E-state index in [1.807, 2.05) is 30.3 Å². The second kappa shape index (κ2) is 7.02. The van der Waals surface area contributed by atoms with Crippen LogP contribution in [0.1, 0.15) is 38.1 Å². The Kier molecular flexibility index (Phi) is 4.61. The zero-order chi connectivity index (χ0) is 21.6. The minimum Gasteiger partial charge on any atom is -0.381 e. The van der Waals surface area contributed by atoms with Gasteiger partial charge in [0.25, 0.3) is 5.91 Å². The number of aromatic amines is 1. The maximum atomic E-state index is 12.1. The van der Waals surface area contributed by atoms with Crippen molar-refractivity contribution in [2.75, 3.05) is 11.1 Å². The number of aromatic nitrogens is 3. The summed E-state index contributed by atoms with van der Waals surface area (Å²) in [6.45, 7) is 8.72. The highest BCUT2D eigenvalue weighted by molar-refractivity contribution is 6.19. The third-order valence-electron chi connectivity index (χ3n) is 5.66. The second-order valence-corrected chi connectivity index (χ2v) is 8.69. The number of rotatable bonds is 4. The highest BCUT2D eigenvalue weighted by atomic mass is 16.1. The van der Waals surface area contributed by atoms with Crippen LogP contribution in [-0.4, -0.2) is 26.9 Å². The number of hydrogen-bond acceptors (Lipinski definition) is 5. The molecule has 4 rings (SSSR count). The Balaban J connectivity index is 1.93. The molecule has 7 nitrogen and oxygen atoms in total. The van der Waals surface area contributed by atoms with Gasteiger partial charge in [0.15, 0.2) is 0 Å². The summed E-state index contributed by atoms with van der Waals surface area (Å²) in [5.74, 6) is -0.242. The van der Waals surface area contributed by atoms with Gasteiger partial charge in [0.1, 0.15) is 0 Å². The van der Waals surface area contributed by atoms with Gasteiger partial charge in [0, 0.05) is 39.8 Å². The molecule has 4 aromatic rings. The van der Waals surface area contributed by atoms with E-state index in [1.165, 1.54) is 0 Å². The summed E-state index contributed by atoms with van der Waals surface area (Å²) >= 11 is 0. The van der Waals surface area contributed by atoms with Crippen LogP contribution < -0.4 is 16.8 Å². The number of amides is 1. The van der Waals surface area contributed by atoms with Crippen LogP contribution in [0.2, 0.25) is 0 Å². The number of nitrogens with one attached hydrogen (secondary N) is 2. The van der Waals surface area contributed by atoms with Crippen molar-refractivity contribution >= 4 is 39.3 Å². The van der Waals surface area contributed by atoms with E-state index < -0.39 is 5.91 Å². The van der Waals surface area contributed by atoms with Crippen molar-refractivity contribution in [3.05, 3.63) is 48.2 Å². The Bertz CT molecular complexity index is 1270. The normalized spacial score (nSPS) is 12.9. The van der Waals surface area contributed by atoms with Gasteiger partial charge in [-0.1, -0.05) is 32.9 Å². The van der Waals surface area contributed by atoms with Crippen molar-refractivity contribution < 1.29 is 4.79 Å². The summed E-state index contributed by atoms with van der Waals surface area (Å²) in [5.41, 5.74) is 16.1. The molecule has 30 heavy (non-hydrogen) atoms. The van der Waals surface area contributed by atoms with Gasteiger partial charge in [0.2, 0.25) is 5.95 Å². The number of benzene rings is 2. The van der Waals surface area contributed by atoms with E-state index >= 15 is 0 Å². The van der Waals surface area contributed by atoms with Crippen molar-refractivity contribution in [2.45, 2.75) is 33.7 Å². The number of nitrogens with zero attached hydrogens (tertiary/aromatic N) is 2. The number of anilines is 2. The van der Waals surface area contributed by atoms with E-state index in [4.69, 9.17) is 11.5 Å². The van der Waals surface area contributed by atoms with Crippen molar-refractivity contribution in [3.8, 4) is 11.3 Å². The van der Waals surface area contributed by atoms with Crippen LogP contribution in [0.5, 0.6) is 0 Å². The maximum absolute atomic E-state index is 12.1. The van der Waals surface area contributed by atoms with Crippen LogP contribution in [0, 0.1) is 5.41 Å². The molecule has 0 bridgehead atoms. The van der Waals surface area contributed by atoms with Gasteiger partial charge in [-0.15, -0.1) is 0 Å². The Hall–Kier alpha value is -3.61. The molecule has 1 atom stereocenters. The number of carbonyl (C=O) groups is 1. The van der Waals surface area contributed by atoms with Gasteiger partial charge in [0.05, 0.1) is 16.8 Å². The number of carbonyl (C=O) groups excluding carboxylic acids is 1. The SMILES string of the molecule is C[C@H](Nc1ccc(C(N)=O)c2[nH]c3cc(-c4ccnc(N)n4)ccc3c12)C(C)(C)C. The highest BCUT2D eigenvalue weighted by Crippen LogP contribution is 2.37. The molecule has 0 spiro atoms. The quantitative estimate of drug-likeness (QED) is 0.405. The standard InChI is InChI=1S/C23H26N6O/c1-12(23(2,3)4)27-17-8-7-15(21(24)30)20-19(17)14-6-5-13(11-18(14)28-20)16-9-10-26-22(25)29-16/h5-12,27-28H,1-4H3,(H2,24,30)(H2,25,26,29)/t12-/m0/s1. The van der Waals surface area contributed by atoms with Gasteiger partial charge < -0.3 is 21.8 Å². The van der Waals surface area contributed by atoms with Crippen molar-refractivity contribution in [3.63, 3.8) is 0 Å². The van der Waals surface area contributed by atoms with Gasteiger partial charge in [-0.2, -0.15) is 0 Å². The van der Waals surface area contributed by atoms with Gasteiger partial charge >= 0.3 is 0 Å². The van der Waals surface area contributed by atoms with Crippen molar-refractivity contribution in [2.24, 2.45) is 11.1 Å². The fourth-order valence-electron chi connectivity index (χ4n) is 3.48. The molecular weight excluding hydrogens is 376 g/mol. The average molecular weight is 403 g/mol. The van der Waals surface area contributed by atoms with Crippen LogP contribution in [0.15, 0.2) is 42.6 Å². The number of nitrogen functional groups attached to an aromatic ring is 1. The molecule has 0 aliphatic rings. The molecule has 0 saturated heterocycles. The molecule has 2 aromatic heterocycles. The first-order chi connectivity index (χ1) is 14.1. The van der Waals surface area contributed by atoms with Crippen molar-refractivity contribution in [1.29, 1.82) is 0 Å². The third kappa shape index (κ3) is 3.43. The molecule has 0 unspecified atom stereocenters. The minimum absolute atomic E-state index is 0.0703. The lowest BCUT2D eigenvalue weighted by Gasteiger charge is -2.29. The molecule has 0 fully saturated rings. The van der Waals surface area contributed by atoms with Crippen molar-refractivity contribution in [1.82, 2.24) is 15.0 Å². The summed E-state index contributed by atoms with van der Waals surface area (Å²) in [6, 6.07) is 11.7. The molecule has 2 aromatic carbocycles. The lowest BCUT2D eigenvalue weighted by molar-refractivity contribution is 0.100. The molecular formula is C23H26N6O. The fraction of sp³-hybridized carbons (Fsp3) is 0.261. The largest absolute Gasteiger partial charge is 0.381 e. The van der Waals surface area contributed by atoms with E-state index in [1.54, 1.807) is 12.3 Å². The summed E-state index contributed by atoms with van der Waals surface area (Å²) in [5, 5.41) is 5.57. The number of fused-ring (bicyclic) bond motifs is 3. The zero-order valence-corrected chi connectivity index (χ0v) is 17.6. The Morgan fingerprint density at radius 3 is 2.60 bits per heavy atom. The average Bonchev–Trinajstić information content (AvgIpc) is 3.06. The summed E-state index contributed by atoms with van der Waals surface area (Å²) in [4.78, 5) is 23.7. The zero-order valence-electron chi connectivity index (χ0n) is 17.6. The highest BCUT2D eigenvalue weighted by Gasteiger charge is 2.22. The molecule has 6 N–H and O–H groups in total. The first-order valence-electron chi connectivity index (χ1n) is 9.89. The lowest BCUT2D eigenvalue weighted by Crippen LogP contribution is -2.30. The Labute approximate surface area is 174 Å². The number of hydrogen-bond donors (Lipinski definition) is 4. The summed E-state index contributed by atoms with van der Waals surface area (Å²) in [6.07, 6.45) is 1.63. The first kappa shape index (κ1) is 19.7. The van der Waals surface area contributed by atoms with Gasteiger partial charge in [-0.25, -0.2) is 9.97 Å². The van der Waals surface area contributed by atoms with Crippen LogP contribution in [-0.2, 0) is 0 Å². The summed E-state index contributed by atoms with van der Waals surface area (Å²) in [7, 11) is 0. The topological polar surface area (TPSA) is 123 Å². The molecule has 0 aliphatic heterocycles. The van der Waals surface area contributed by atoms with Crippen LogP contribution in [0.4, 0.5) is 11.6 Å². The Morgan fingerprint density at radius 2 is 1.93 bits per heavy atom. The first-order valence-corrected chi connectivity index (χ1v) is 9.89. The third-order valence-corrected chi connectivity index (χ3v) is 5.66. The second-order valence-electron chi connectivity index (χ2n) is 8.69. The fourth-order valence-corrected chi connectivity index (χ4v) is 3.48. The maximum Gasteiger partial charge on any atom is 0.250 e. The predicted molar refractivity (Wildman–Crippen MR) is 122 cm³/mol. The van der Waals surface area contributed by atoms with Crippen LogP contribution >= 0.6 is 0 Å². The van der Waals surface area contributed by atoms with Gasteiger partial charge in [-0.05, 0) is 36.6 Å². The monoisotopic (exact) mass is 402 g/mol. The van der Waals surface area contributed by atoms with E-state index in [0.29, 0.717) is 5.56 Å². The van der Waals surface area contributed by atoms with E-state index in [0.717, 1.165) is 38.8 Å². The number of H-pyrrole nitrogens is 1.